The highest BCUT2D eigenvalue weighted by Gasteiger charge is 2.31. The van der Waals surface area contributed by atoms with Gasteiger partial charge in [-0.2, -0.15) is 5.10 Å². The summed E-state index contributed by atoms with van der Waals surface area (Å²) in [6.45, 7) is 4.42. The van der Waals surface area contributed by atoms with Crippen LogP contribution in [0.3, 0.4) is 0 Å². The number of hydrogen-bond acceptors (Lipinski definition) is 4. The minimum atomic E-state index is -0.897. The number of nitrogens with zero attached hydrogens (tertiary/aromatic N) is 2. The molecule has 1 atom stereocenters. The maximum absolute atomic E-state index is 12.7. The summed E-state index contributed by atoms with van der Waals surface area (Å²) in [4.78, 5) is 37.4. The van der Waals surface area contributed by atoms with Gasteiger partial charge in [0, 0.05) is 13.1 Å². The van der Waals surface area contributed by atoms with Crippen LogP contribution in [0.4, 0.5) is 0 Å². The highest BCUT2D eigenvalue weighted by molar-refractivity contribution is 5.95. The van der Waals surface area contributed by atoms with Crippen molar-refractivity contribution in [2.45, 2.75) is 39.5 Å². The van der Waals surface area contributed by atoms with E-state index in [4.69, 9.17) is 5.11 Å². The van der Waals surface area contributed by atoms with Crippen LogP contribution in [0.1, 0.15) is 48.3 Å². The predicted molar refractivity (Wildman–Crippen MR) is 79.9 cm³/mol. The summed E-state index contributed by atoms with van der Waals surface area (Å²) in [5.41, 5.74) is 0.975. The normalized spacial score (nSPS) is 18.3. The quantitative estimate of drug-likeness (QED) is 0.857. The van der Waals surface area contributed by atoms with Gasteiger partial charge in [-0.3, -0.25) is 14.4 Å². The van der Waals surface area contributed by atoms with Gasteiger partial charge in [0.2, 0.25) is 0 Å². The summed E-state index contributed by atoms with van der Waals surface area (Å²) in [5.74, 6) is -1.85. The Morgan fingerprint density at radius 1 is 1.36 bits per heavy atom. The molecule has 2 N–H and O–H groups in total. The van der Waals surface area contributed by atoms with E-state index in [2.05, 4.69) is 10.2 Å². The number of likely N-dealkylation sites (tertiary alicyclic amines) is 1. The SMILES string of the molecule is CCc1n[nH]c(=O)c(C(=O)N2CCC[C@H](C(=O)O)C2)c1CC. The Balaban J connectivity index is 2.37. The van der Waals surface area contributed by atoms with Gasteiger partial charge >= 0.3 is 5.97 Å². The van der Waals surface area contributed by atoms with Gasteiger partial charge in [-0.15, -0.1) is 0 Å². The van der Waals surface area contributed by atoms with E-state index < -0.39 is 17.4 Å². The molecule has 7 nitrogen and oxygen atoms in total. The Hall–Kier alpha value is -2.18. The Morgan fingerprint density at radius 2 is 2.09 bits per heavy atom. The van der Waals surface area contributed by atoms with E-state index in [0.717, 1.165) is 0 Å². The van der Waals surface area contributed by atoms with Gasteiger partial charge in [0.25, 0.3) is 11.5 Å². The van der Waals surface area contributed by atoms with Crippen LogP contribution in [0.25, 0.3) is 0 Å². The first-order valence-electron chi connectivity index (χ1n) is 7.62. The molecule has 1 fully saturated rings. The van der Waals surface area contributed by atoms with Crippen LogP contribution in [0, 0.1) is 5.92 Å². The van der Waals surface area contributed by atoms with Crippen molar-refractivity contribution in [2.75, 3.05) is 13.1 Å². The number of amides is 1. The smallest absolute Gasteiger partial charge is 0.308 e. The average molecular weight is 307 g/mol. The number of carbonyl (C=O) groups excluding carboxylic acids is 1. The van der Waals surface area contributed by atoms with Gasteiger partial charge in [-0.05, 0) is 31.2 Å². The number of piperidine rings is 1. The summed E-state index contributed by atoms with van der Waals surface area (Å²) in [6, 6.07) is 0. The van der Waals surface area contributed by atoms with Crippen LogP contribution in [0.5, 0.6) is 0 Å². The number of H-pyrrole nitrogens is 1. The van der Waals surface area contributed by atoms with Crippen LogP contribution < -0.4 is 5.56 Å². The molecule has 0 aliphatic carbocycles. The fraction of sp³-hybridized carbons (Fsp3) is 0.600. The molecule has 1 aliphatic heterocycles. The Bertz CT molecular complexity index is 638. The summed E-state index contributed by atoms with van der Waals surface area (Å²) in [7, 11) is 0. The van der Waals surface area contributed by atoms with Crippen molar-refractivity contribution in [3.05, 3.63) is 27.2 Å². The lowest BCUT2D eigenvalue weighted by Gasteiger charge is -2.31. The molecule has 7 heteroatoms. The summed E-state index contributed by atoms with van der Waals surface area (Å²) in [5, 5.41) is 15.5. The van der Waals surface area contributed by atoms with E-state index >= 15 is 0 Å². The standard InChI is InChI=1S/C15H21N3O4/c1-3-10-11(4-2)16-17-13(19)12(10)14(20)18-7-5-6-9(8-18)15(21)22/h9H,3-8H2,1-2H3,(H,17,19)(H,21,22)/t9-/m0/s1. The van der Waals surface area contributed by atoms with Gasteiger partial charge in [-0.1, -0.05) is 13.8 Å². The van der Waals surface area contributed by atoms with Crippen LogP contribution in [0.2, 0.25) is 0 Å². The van der Waals surface area contributed by atoms with E-state index in [0.29, 0.717) is 43.5 Å². The lowest BCUT2D eigenvalue weighted by Crippen LogP contribution is -2.44. The topological polar surface area (TPSA) is 103 Å². The van der Waals surface area contributed by atoms with Gasteiger partial charge < -0.3 is 10.0 Å². The number of aromatic nitrogens is 2. The molecule has 1 aromatic heterocycles. The highest BCUT2D eigenvalue weighted by atomic mass is 16.4. The number of aliphatic carboxylic acids is 1. The number of aromatic amines is 1. The van der Waals surface area contributed by atoms with Gasteiger partial charge in [0.15, 0.2) is 0 Å². The number of carboxylic acids is 1. The molecule has 0 radical (unpaired) electrons. The number of aryl methyl sites for hydroxylation is 1. The second-order valence-corrected chi connectivity index (χ2v) is 5.49. The maximum Gasteiger partial charge on any atom is 0.308 e. The van der Waals surface area contributed by atoms with E-state index in [1.165, 1.54) is 4.90 Å². The second kappa shape index (κ2) is 6.72. The van der Waals surface area contributed by atoms with Gasteiger partial charge in [0.1, 0.15) is 5.56 Å². The van der Waals surface area contributed by atoms with Crippen molar-refractivity contribution in [3.8, 4) is 0 Å². The Labute approximate surface area is 128 Å². The van der Waals surface area contributed by atoms with Gasteiger partial charge in [0.05, 0.1) is 11.6 Å². The summed E-state index contributed by atoms with van der Waals surface area (Å²) < 4.78 is 0. The molecular weight excluding hydrogens is 286 g/mol. The largest absolute Gasteiger partial charge is 0.481 e. The minimum absolute atomic E-state index is 0.111. The van der Waals surface area contributed by atoms with Crippen LogP contribution in [0.15, 0.2) is 4.79 Å². The molecule has 120 valence electrons. The molecule has 0 spiro atoms. The zero-order chi connectivity index (χ0) is 16.3. The lowest BCUT2D eigenvalue weighted by molar-refractivity contribution is -0.143. The minimum Gasteiger partial charge on any atom is -0.481 e. The average Bonchev–Trinajstić information content (AvgIpc) is 2.53. The van der Waals surface area contributed by atoms with E-state index in [-0.39, 0.29) is 18.0 Å². The van der Waals surface area contributed by atoms with Crippen molar-refractivity contribution in [3.63, 3.8) is 0 Å². The first-order chi connectivity index (χ1) is 10.5. The van der Waals surface area contributed by atoms with Crippen molar-refractivity contribution in [2.24, 2.45) is 5.92 Å². The molecule has 22 heavy (non-hydrogen) atoms. The zero-order valence-electron chi connectivity index (χ0n) is 12.9. The molecule has 1 aliphatic rings. The van der Waals surface area contributed by atoms with Crippen molar-refractivity contribution >= 4 is 11.9 Å². The molecule has 0 aromatic carbocycles. The third-order valence-electron chi connectivity index (χ3n) is 4.13. The zero-order valence-corrected chi connectivity index (χ0v) is 12.9. The van der Waals surface area contributed by atoms with Crippen LogP contribution in [-0.2, 0) is 17.6 Å². The summed E-state index contributed by atoms with van der Waals surface area (Å²) >= 11 is 0. The highest BCUT2D eigenvalue weighted by Crippen LogP contribution is 2.20. The first-order valence-corrected chi connectivity index (χ1v) is 7.62. The van der Waals surface area contributed by atoms with Crippen LogP contribution >= 0.6 is 0 Å². The number of rotatable bonds is 4. The fourth-order valence-corrected chi connectivity index (χ4v) is 2.94. The third-order valence-corrected chi connectivity index (χ3v) is 4.13. The van der Waals surface area contributed by atoms with Gasteiger partial charge in [-0.25, -0.2) is 5.10 Å². The molecule has 1 aromatic rings. The molecule has 2 rings (SSSR count). The molecule has 1 saturated heterocycles. The Morgan fingerprint density at radius 3 is 2.68 bits per heavy atom. The monoisotopic (exact) mass is 307 g/mol. The van der Waals surface area contributed by atoms with Crippen molar-refractivity contribution in [1.29, 1.82) is 0 Å². The maximum atomic E-state index is 12.7. The first kappa shape index (κ1) is 16.2. The summed E-state index contributed by atoms with van der Waals surface area (Å²) in [6.07, 6.45) is 2.36. The fourth-order valence-electron chi connectivity index (χ4n) is 2.94. The molecule has 0 bridgehead atoms. The second-order valence-electron chi connectivity index (χ2n) is 5.49. The molecular formula is C15H21N3O4. The predicted octanol–water partition coefficient (Wildman–Crippen LogP) is 0.831. The van der Waals surface area contributed by atoms with Crippen molar-refractivity contribution in [1.82, 2.24) is 15.1 Å². The number of carbonyl (C=O) groups is 2. The molecule has 0 unspecified atom stereocenters. The van der Waals surface area contributed by atoms with E-state index in [9.17, 15) is 14.4 Å². The van der Waals surface area contributed by atoms with Crippen molar-refractivity contribution < 1.29 is 14.7 Å². The van der Waals surface area contributed by atoms with E-state index in [1.807, 2.05) is 13.8 Å². The Kier molecular flexibility index (Phi) is 4.95. The number of carboxylic acid groups (broad SMARTS) is 1. The van der Waals surface area contributed by atoms with Crippen LogP contribution in [-0.4, -0.2) is 45.2 Å². The third kappa shape index (κ3) is 3.03. The number of hydrogen-bond donors (Lipinski definition) is 2. The lowest BCUT2D eigenvalue weighted by atomic mass is 9.96. The van der Waals surface area contributed by atoms with E-state index in [1.54, 1.807) is 0 Å². The molecule has 0 saturated carbocycles. The molecule has 2 heterocycles. The number of nitrogens with one attached hydrogen (secondary N) is 1. The molecule has 1 amide bonds.